The summed E-state index contributed by atoms with van der Waals surface area (Å²) in [5, 5.41) is 0. The van der Waals surface area contributed by atoms with Crippen LogP contribution in [-0.4, -0.2) is 14.5 Å². The lowest BCUT2D eigenvalue weighted by atomic mass is 9.83. The highest BCUT2D eigenvalue weighted by Gasteiger charge is 2.29. The number of nitrogens with two attached hydrogens (primary N) is 1. The molecule has 1 aliphatic rings. The van der Waals surface area contributed by atoms with E-state index >= 15 is 0 Å². The van der Waals surface area contributed by atoms with E-state index in [1.54, 1.807) is 0 Å². The molecule has 0 radical (unpaired) electrons. The molecular formula is C14H21FN2O2S. The molecule has 6 heteroatoms. The van der Waals surface area contributed by atoms with Crippen molar-refractivity contribution in [3.8, 4) is 0 Å². The number of halogens is 1. The smallest absolute Gasteiger partial charge is 0.243 e. The highest BCUT2D eigenvalue weighted by Crippen LogP contribution is 2.28. The summed E-state index contributed by atoms with van der Waals surface area (Å²) in [6.07, 6.45) is 4.90. The Morgan fingerprint density at radius 1 is 1.35 bits per heavy atom. The second kappa shape index (κ2) is 6.10. The number of rotatable bonds is 4. The number of nitrogens with one attached hydrogen (secondary N) is 1. The third kappa shape index (κ3) is 3.30. The zero-order valence-corrected chi connectivity index (χ0v) is 12.4. The number of anilines is 1. The fourth-order valence-electron chi connectivity index (χ4n) is 2.85. The van der Waals surface area contributed by atoms with Crippen molar-refractivity contribution < 1.29 is 12.8 Å². The van der Waals surface area contributed by atoms with Gasteiger partial charge in [-0.15, -0.1) is 0 Å². The van der Waals surface area contributed by atoms with Crippen LogP contribution < -0.4 is 10.5 Å². The number of nitrogen functional groups attached to an aromatic ring is 1. The first kappa shape index (κ1) is 15.3. The van der Waals surface area contributed by atoms with Crippen LogP contribution in [0.4, 0.5) is 10.1 Å². The average Bonchev–Trinajstić information content (AvgIpc) is 2.38. The standard InChI is InChI=1S/C14H21FN2O2S/c1-2-10-5-3-4-6-13(10)17-20(18,19)14-8-7-11(16)9-12(14)15/h7-10,13,17H,2-6,16H2,1H3. The molecule has 0 bridgehead atoms. The van der Waals surface area contributed by atoms with Gasteiger partial charge in [0.15, 0.2) is 0 Å². The van der Waals surface area contributed by atoms with Gasteiger partial charge in [-0.25, -0.2) is 17.5 Å². The fourth-order valence-corrected chi connectivity index (χ4v) is 4.25. The van der Waals surface area contributed by atoms with Crippen molar-refractivity contribution >= 4 is 15.7 Å². The van der Waals surface area contributed by atoms with E-state index in [4.69, 9.17) is 5.73 Å². The third-order valence-corrected chi connectivity index (χ3v) is 5.51. The van der Waals surface area contributed by atoms with Crippen molar-refractivity contribution in [2.45, 2.75) is 50.0 Å². The minimum atomic E-state index is -3.83. The van der Waals surface area contributed by atoms with Gasteiger partial charge >= 0.3 is 0 Å². The summed E-state index contributed by atoms with van der Waals surface area (Å²) < 4.78 is 41.0. The van der Waals surface area contributed by atoms with Crippen LogP contribution in [0.15, 0.2) is 23.1 Å². The number of hydrogen-bond acceptors (Lipinski definition) is 3. The van der Waals surface area contributed by atoms with E-state index in [2.05, 4.69) is 11.6 Å². The molecule has 4 nitrogen and oxygen atoms in total. The lowest BCUT2D eigenvalue weighted by molar-refractivity contribution is 0.282. The highest BCUT2D eigenvalue weighted by molar-refractivity contribution is 7.89. The normalized spacial score (nSPS) is 23.7. The van der Waals surface area contributed by atoms with Crippen LogP contribution in [0.3, 0.4) is 0 Å². The maximum absolute atomic E-state index is 13.8. The van der Waals surface area contributed by atoms with Gasteiger partial charge in [0, 0.05) is 11.7 Å². The maximum atomic E-state index is 13.8. The Morgan fingerprint density at radius 2 is 2.05 bits per heavy atom. The van der Waals surface area contributed by atoms with Gasteiger partial charge in [0.1, 0.15) is 10.7 Å². The monoisotopic (exact) mass is 300 g/mol. The molecule has 1 aromatic carbocycles. The molecule has 1 fully saturated rings. The van der Waals surface area contributed by atoms with E-state index in [0.717, 1.165) is 38.2 Å². The lowest BCUT2D eigenvalue weighted by Gasteiger charge is -2.31. The van der Waals surface area contributed by atoms with Gasteiger partial charge in [0.2, 0.25) is 10.0 Å². The predicted molar refractivity (Wildman–Crippen MR) is 77.2 cm³/mol. The minimum Gasteiger partial charge on any atom is -0.399 e. The summed E-state index contributed by atoms with van der Waals surface area (Å²) in [4.78, 5) is -0.327. The molecule has 20 heavy (non-hydrogen) atoms. The van der Waals surface area contributed by atoms with Gasteiger partial charge in [-0.1, -0.05) is 26.2 Å². The van der Waals surface area contributed by atoms with Crippen molar-refractivity contribution in [3.05, 3.63) is 24.0 Å². The van der Waals surface area contributed by atoms with Crippen molar-refractivity contribution in [1.82, 2.24) is 4.72 Å². The third-order valence-electron chi connectivity index (χ3n) is 3.99. The predicted octanol–water partition coefficient (Wildman–Crippen LogP) is 2.66. The van der Waals surface area contributed by atoms with Gasteiger partial charge in [-0.3, -0.25) is 0 Å². The molecule has 0 aromatic heterocycles. The van der Waals surface area contributed by atoms with Crippen LogP contribution >= 0.6 is 0 Å². The van der Waals surface area contributed by atoms with E-state index in [1.165, 1.54) is 12.1 Å². The quantitative estimate of drug-likeness (QED) is 0.840. The number of hydrogen-bond donors (Lipinski definition) is 2. The van der Waals surface area contributed by atoms with Crippen molar-refractivity contribution in [1.29, 1.82) is 0 Å². The first-order chi connectivity index (χ1) is 9.44. The Balaban J connectivity index is 2.22. The van der Waals surface area contributed by atoms with Gasteiger partial charge in [0.05, 0.1) is 0 Å². The second-order valence-electron chi connectivity index (χ2n) is 5.37. The molecule has 1 aromatic rings. The number of sulfonamides is 1. The zero-order valence-electron chi connectivity index (χ0n) is 11.6. The summed E-state index contributed by atoms with van der Waals surface area (Å²) in [6.45, 7) is 2.06. The molecule has 0 heterocycles. The maximum Gasteiger partial charge on any atom is 0.243 e. The van der Waals surface area contributed by atoms with Crippen LogP contribution in [0.2, 0.25) is 0 Å². The molecule has 2 atom stereocenters. The second-order valence-corrected chi connectivity index (χ2v) is 7.05. The first-order valence-electron chi connectivity index (χ1n) is 7.01. The summed E-state index contributed by atoms with van der Waals surface area (Å²) in [6, 6.07) is 3.55. The molecule has 3 N–H and O–H groups in total. The van der Waals surface area contributed by atoms with Gasteiger partial charge in [0.25, 0.3) is 0 Å². The average molecular weight is 300 g/mol. The van der Waals surface area contributed by atoms with E-state index < -0.39 is 15.8 Å². The molecule has 112 valence electrons. The molecule has 2 rings (SSSR count). The number of benzene rings is 1. The Labute approximate surface area is 119 Å². The Kier molecular flexibility index (Phi) is 4.65. The van der Waals surface area contributed by atoms with Gasteiger partial charge < -0.3 is 5.73 Å². The Bertz CT molecular complexity index is 575. The molecule has 0 aliphatic heterocycles. The van der Waals surface area contributed by atoms with Crippen LogP contribution in [0, 0.1) is 11.7 Å². The molecule has 0 saturated heterocycles. The molecular weight excluding hydrogens is 279 g/mol. The lowest BCUT2D eigenvalue weighted by Crippen LogP contribution is -2.42. The SMILES string of the molecule is CCC1CCCCC1NS(=O)(=O)c1ccc(N)cc1F. The van der Waals surface area contributed by atoms with Crippen LogP contribution in [0.25, 0.3) is 0 Å². The van der Waals surface area contributed by atoms with Gasteiger partial charge in [-0.2, -0.15) is 0 Å². The van der Waals surface area contributed by atoms with Crippen LogP contribution in [0.5, 0.6) is 0 Å². The largest absolute Gasteiger partial charge is 0.399 e. The van der Waals surface area contributed by atoms with E-state index in [9.17, 15) is 12.8 Å². The van der Waals surface area contributed by atoms with Gasteiger partial charge in [-0.05, 0) is 37.0 Å². The Hall–Kier alpha value is -1.14. The van der Waals surface area contributed by atoms with Crippen LogP contribution in [-0.2, 0) is 10.0 Å². The van der Waals surface area contributed by atoms with Crippen molar-refractivity contribution in [3.63, 3.8) is 0 Å². The highest BCUT2D eigenvalue weighted by atomic mass is 32.2. The van der Waals surface area contributed by atoms with Crippen molar-refractivity contribution in [2.75, 3.05) is 5.73 Å². The van der Waals surface area contributed by atoms with E-state index in [-0.39, 0.29) is 16.6 Å². The Morgan fingerprint density at radius 3 is 2.70 bits per heavy atom. The van der Waals surface area contributed by atoms with E-state index in [0.29, 0.717) is 5.92 Å². The van der Waals surface area contributed by atoms with E-state index in [1.807, 2.05) is 0 Å². The summed E-state index contributed by atoms with van der Waals surface area (Å²) in [7, 11) is -3.83. The topological polar surface area (TPSA) is 72.2 Å². The molecule has 2 unspecified atom stereocenters. The summed E-state index contributed by atoms with van der Waals surface area (Å²) in [5.41, 5.74) is 5.66. The first-order valence-corrected chi connectivity index (χ1v) is 8.49. The molecule has 1 saturated carbocycles. The van der Waals surface area contributed by atoms with Crippen molar-refractivity contribution in [2.24, 2.45) is 5.92 Å². The molecule has 1 aliphatic carbocycles. The molecule has 0 spiro atoms. The zero-order chi connectivity index (χ0) is 14.8. The summed E-state index contributed by atoms with van der Waals surface area (Å²) in [5.74, 6) is -0.475. The molecule has 0 amide bonds. The fraction of sp³-hybridized carbons (Fsp3) is 0.571. The van der Waals surface area contributed by atoms with Crippen LogP contribution in [0.1, 0.15) is 39.0 Å². The summed E-state index contributed by atoms with van der Waals surface area (Å²) >= 11 is 0. The minimum absolute atomic E-state index is 0.101.